The Morgan fingerprint density at radius 3 is 2.21 bits per heavy atom. The summed E-state index contributed by atoms with van der Waals surface area (Å²) in [5.41, 5.74) is 6.54. The first-order valence-corrected chi connectivity index (χ1v) is 6.72. The van der Waals surface area contributed by atoms with E-state index in [1.165, 1.54) is 22.3 Å². The number of hydrogen-bond acceptors (Lipinski definition) is 3. The fourth-order valence-corrected chi connectivity index (χ4v) is 2.61. The van der Waals surface area contributed by atoms with Crippen molar-refractivity contribution in [3.63, 3.8) is 0 Å². The Balaban J connectivity index is 2.16. The van der Waals surface area contributed by atoms with Gasteiger partial charge in [-0.1, -0.05) is 17.7 Å². The molecule has 1 aromatic carbocycles. The Morgan fingerprint density at radius 1 is 1.05 bits per heavy atom. The van der Waals surface area contributed by atoms with Gasteiger partial charge in [-0.2, -0.15) is 4.98 Å². The molecular weight excluding hydrogens is 236 g/mol. The molecule has 2 aromatic rings. The number of anilines is 1. The molecule has 0 fully saturated rings. The van der Waals surface area contributed by atoms with Gasteiger partial charge in [-0.25, -0.2) is 0 Å². The van der Waals surface area contributed by atoms with Crippen LogP contribution in [0, 0.1) is 27.7 Å². The molecule has 1 N–H and O–H groups in total. The van der Waals surface area contributed by atoms with Gasteiger partial charge >= 0.3 is 0 Å². The predicted molar refractivity (Wildman–Crippen MR) is 78.8 cm³/mol. The molecule has 0 amide bonds. The third-order valence-corrected chi connectivity index (χ3v) is 3.56. The normalized spacial score (nSPS) is 10.8. The number of aromatic nitrogens is 1. The molecule has 102 valence electrons. The summed E-state index contributed by atoms with van der Waals surface area (Å²) in [6.45, 7) is 8.48. The van der Waals surface area contributed by atoms with Gasteiger partial charge in [0.05, 0.1) is 5.69 Å². The summed E-state index contributed by atoms with van der Waals surface area (Å²) in [4.78, 5) is 4.44. The number of oxazole rings is 1. The van der Waals surface area contributed by atoms with Crippen molar-refractivity contribution in [3.05, 3.63) is 45.8 Å². The quantitative estimate of drug-likeness (QED) is 0.908. The smallest absolute Gasteiger partial charge is 0.294 e. The van der Waals surface area contributed by atoms with Crippen LogP contribution in [0.3, 0.4) is 0 Å². The van der Waals surface area contributed by atoms with E-state index in [1.54, 1.807) is 0 Å². The molecule has 0 radical (unpaired) electrons. The third-order valence-electron chi connectivity index (χ3n) is 3.56. The number of nitrogens with zero attached hydrogens (tertiary/aromatic N) is 1. The van der Waals surface area contributed by atoms with E-state index in [-0.39, 0.29) is 0 Å². The summed E-state index contributed by atoms with van der Waals surface area (Å²) in [6, 6.07) is 5.10. The predicted octanol–water partition coefficient (Wildman–Crippen LogP) is 3.74. The SMILES string of the molecule is CNc1nc(CCc2c(C)cc(C)cc2C)c(C)o1. The van der Waals surface area contributed by atoms with Gasteiger partial charge in [0.15, 0.2) is 0 Å². The van der Waals surface area contributed by atoms with E-state index < -0.39 is 0 Å². The molecule has 0 saturated heterocycles. The second kappa shape index (κ2) is 5.47. The van der Waals surface area contributed by atoms with Crippen molar-refractivity contribution >= 4 is 6.01 Å². The number of hydrogen-bond donors (Lipinski definition) is 1. The molecule has 0 spiro atoms. The van der Waals surface area contributed by atoms with Crippen molar-refractivity contribution in [2.24, 2.45) is 0 Å². The minimum Gasteiger partial charge on any atom is -0.429 e. The lowest BCUT2D eigenvalue weighted by Gasteiger charge is -2.10. The van der Waals surface area contributed by atoms with Gasteiger partial charge in [0.2, 0.25) is 0 Å². The second-order valence-corrected chi connectivity index (χ2v) is 5.15. The van der Waals surface area contributed by atoms with Crippen molar-refractivity contribution in [2.75, 3.05) is 12.4 Å². The summed E-state index contributed by atoms with van der Waals surface area (Å²) < 4.78 is 5.51. The van der Waals surface area contributed by atoms with E-state index in [0.717, 1.165) is 24.3 Å². The van der Waals surface area contributed by atoms with Crippen LogP contribution in [-0.2, 0) is 12.8 Å². The zero-order chi connectivity index (χ0) is 14.0. The maximum atomic E-state index is 5.51. The maximum Gasteiger partial charge on any atom is 0.294 e. The molecule has 0 saturated carbocycles. The monoisotopic (exact) mass is 258 g/mol. The summed E-state index contributed by atoms with van der Waals surface area (Å²) in [5, 5.41) is 2.94. The van der Waals surface area contributed by atoms with Crippen LogP contribution in [0.2, 0.25) is 0 Å². The lowest BCUT2D eigenvalue weighted by Crippen LogP contribution is -1.99. The van der Waals surface area contributed by atoms with Gasteiger partial charge < -0.3 is 9.73 Å². The lowest BCUT2D eigenvalue weighted by molar-refractivity contribution is 0.540. The summed E-state index contributed by atoms with van der Waals surface area (Å²) in [6.07, 6.45) is 1.93. The highest BCUT2D eigenvalue weighted by molar-refractivity contribution is 5.38. The van der Waals surface area contributed by atoms with E-state index in [4.69, 9.17) is 4.42 Å². The molecule has 0 unspecified atom stereocenters. The Labute approximate surface area is 115 Å². The molecule has 0 bridgehead atoms. The van der Waals surface area contributed by atoms with Crippen LogP contribution >= 0.6 is 0 Å². The van der Waals surface area contributed by atoms with Crippen molar-refractivity contribution in [1.82, 2.24) is 4.98 Å². The van der Waals surface area contributed by atoms with Gasteiger partial charge in [0, 0.05) is 7.05 Å². The highest BCUT2D eigenvalue weighted by Gasteiger charge is 2.10. The van der Waals surface area contributed by atoms with E-state index >= 15 is 0 Å². The minimum absolute atomic E-state index is 0.602. The van der Waals surface area contributed by atoms with Crippen molar-refractivity contribution in [3.8, 4) is 0 Å². The average molecular weight is 258 g/mol. The second-order valence-electron chi connectivity index (χ2n) is 5.15. The largest absolute Gasteiger partial charge is 0.429 e. The number of rotatable bonds is 4. The summed E-state index contributed by atoms with van der Waals surface area (Å²) in [5.74, 6) is 0.909. The van der Waals surface area contributed by atoms with Crippen LogP contribution < -0.4 is 5.32 Å². The molecule has 0 aliphatic rings. The number of aryl methyl sites for hydroxylation is 5. The highest BCUT2D eigenvalue weighted by atomic mass is 16.4. The van der Waals surface area contributed by atoms with Crippen LogP contribution in [0.1, 0.15) is 33.7 Å². The van der Waals surface area contributed by atoms with Crippen LogP contribution in [-0.4, -0.2) is 12.0 Å². The van der Waals surface area contributed by atoms with Gasteiger partial charge in [-0.05, 0) is 57.2 Å². The third kappa shape index (κ3) is 2.98. The van der Waals surface area contributed by atoms with Crippen LogP contribution in [0.15, 0.2) is 16.5 Å². The Kier molecular flexibility index (Phi) is 3.93. The van der Waals surface area contributed by atoms with E-state index in [2.05, 4.69) is 43.2 Å². The Hall–Kier alpha value is -1.77. The van der Waals surface area contributed by atoms with Crippen LogP contribution in [0.25, 0.3) is 0 Å². The molecule has 2 rings (SSSR count). The van der Waals surface area contributed by atoms with Gasteiger partial charge in [0.25, 0.3) is 6.01 Å². The topological polar surface area (TPSA) is 38.1 Å². The highest BCUT2D eigenvalue weighted by Crippen LogP contribution is 2.20. The molecule has 0 aliphatic heterocycles. The summed E-state index contributed by atoms with van der Waals surface area (Å²) in [7, 11) is 1.82. The van der Waals surface area contributed by atoms with E-state index in [1.807, 2.05) is 14.0 Å². The zero-order valence-corrected chi connectivity index (χ0v) is 12.4. The molecular formula is C16H22N2O. The molecule has 0 aliphatic carbocycles. The van der Waals surface area contributed by atoms with Crippen molar-refractivity contribution < 1.29 is 4.42 Å². The van der Waals surface area contributed by atoms with E-state index in [9.17, 15) is 0 Å². The van der Waals surface area contributed by atoms with Gasteiger partial charge in [0.1, 0.15) is 5.76 Å². The first kappa shape index (κ1) is 13.7. The Bertz CT molecular complexity index is 561. The van der Waals surface area contributed by atoms with E-state index in [0.29, 0.717) is 6.01 Å². The zero-order valence-electron chi connectivity index (χ0n) is 12.4. The average Bonchev–Trinajstić information content (AvgIpc) is 2.69. The fraction of sp³-hybridized carbons (Fsp3) is 0.438. The molecule has 3 heteroatoms. The molecule has 1 heterocycles. The minimum atomic E-state index is 0.602. The standard InChI is InChI=1S/C16H22N2O/c1-10-8-11(2)14(12(3)9-10)6-7-15-13(4)19-16(17-5)18-15/h8-9H,6-7H2,1-5H3,(H,17,18). The fourth-order valence-electron chi connectivity index (χ4n) is 2.61. The number of nitrogens with one attached hydrogen (secondary N) is 1. The molecule has 1 aromatic heterocycles. The van der Waals surface area contributed by atoms with Crippen LogP contribution in [0.5, 0.6) is 0 Å². The van der Waals surface area contributed by atoms with Crippen molar-refractivity contribution in [2.45, 2.75) is 40.5 Å². The van der Waals surface area contributed by atoms with Gasteiger partial charge in [-0.15, -0.1) is 0 Å². The molecule has 3 nitrogen and oxygen atoms in total. The van der Waals surface area contributed by atoms with Gasteiger partial charge in [-0.3, -0.25) is 0 Å². The molecule has 0 atom stereocenters. The number of benzene rings is 1. The summed E-state index contributed by atoms with van der Waals surface area (Å²) >= 11 is 0. The first-order chi connectivity index (χ1) is 9.01. The van der Waals surface area contributed by atoms with Crippen molar-refractivity contribution in [1.29, 1.82) is 0 Å². The molecule has 19 heavy (non-hydrogen) atoms. The Morgan fingerprint density at radius 2 is 1.68 bits per heavy atom. The first-order valence-electron chi connectivity index (χ1n) is 6.72. The maximum absolute atomic E-state index is 5.51. The van der Waals surface area contributed by atoms with Crippen LogP contribution in [0.4, 0.5) is 6.01 Å². The lowest BCUT2D eigenvalue weighted by atomic mass is 9.95.